The summed E-state index contributed by atoms with van der Waals surface area (Å²) in [5, 5.41) is 6.35. The number of nitrogens with one attached hydrogen (secondary N) is 2. The normalized spacial score (nSPS) is 17.9. The van der Waals surface area contributed by atoms with Crippen LogP contribution in [0.1, 0.15) is 20.3 Å². The van der Waals surface area contributed by atoms with Gasteiger partial charge in [0.05, 0.1) is 11.8 Å². The summed E-state index contributed by atoms with van der Waals surface area (Å²) in [5.41, 5.74) is 2.56. The summed E-state index contributed by atoms with van der Waals surface area (Å²) in [6.07, 6.45) is 0.572. The maximum Gasteiger partial charge on any atom is 0.228 e. The second kappa shape index (κ2) is 8.44. The van der Waals surface area contributed by atoms with Gasteiger partial charge in [-0.05, 0) is 68.8 Å². The molecule has 142 valence electrons. The molecule has 0 bridgehead atoms. The van der Waals surface area contributed by atoms with Gasteiger partial charge >= 0.3 is 0 Å². The van der Waals surface area contributed by atoms with E-state index in [-0.39, 0.29) is 23.7 Å². The molecule has 1 fully saturated rings. The largest absolute Gasteiger partial charge is 0.372 e. The van der Waals surface area contributed by atoms with Gasteiger partial charge in [-0.1, -0.05) is 11.6 Å². The van der Waals surface area contributed by atoms with E-state index in [0.717, 1.165) is 24.5 Å². The van der Waals surface area contributed by atoms with E-state index in [9.17, 15) is 9.59 Å². The molecule has 0 heterocycles. The SMILES string of the molecule is CCN(CC)c1ccc(NC(=O)C2CC2C(=O)Nc2ccc(Cl)cc2)cc1. The fraction of sp³-hybridized carbons (Fsp3) is 0.333. The molecule has 1 aliphatic rings. The van der Waals surface area contributed by atoms with Crippen LogP contribution in [-0.4, -0.2) is 24.9 Å². The lowest BCUT2D eigenvalue weighted by atomic mass is 10.2. The molecule has 0 radical (unpaired) electrons. The van der Waals surface area contributed by atoms with Gasteiger partial charge in [0.2, 0.25) is 11.8 Å². The van der Waals surface area contributed by atoms with Crippen LogP contribution in [0, 0.1) is 11.8 Å². The molecule has 2 atom stereocenters. The van der Waals surface area contributed by atoms with Crippen molar-refractivity contribution in [1.82, 2.24) is 0 Å². The second-order valence-electron chi connectivity index (χ2n) is 6.65. The molecule has 0 aliphatic heterocycles. The van der Waals surface area contributed by atoms with Crippen LogP contribution in [0.4, 0.5) is 17.1 Å². The number of amides is 2. The van der Waals surface area contributed by atoms with Crippen molar-refractivity contribution >= 4 is 40.5 Å². The molecule has 1 aliphatic carbocycles. The van der Waals surface area contributed by atoms with Gasteiger partial charge in [-0.2, -0.15) is 0 Å². The van der Waals surface area contributed by atoms with Crippen LogP contribution in [0.2, 0.25) is 5.02 Å². The van der Waals surface area contributed by atoms with Crippen LogP contribution in [0.5, 0.6) is 0 Å². The number of hydrogen-bond donors (Lipinski definition) is 2. The highest BCUT2D eigenvalue weighted by molar-refractivity contribution is 6.30. The molecule has 27 heavy (non-hydrogen) atoms. The van der Waals surface area contributed by atoms with E-state index in [4.69, 9.17) is 11.6 Å². The number of rotatable bonds is 7. The predicted molar refractivity (Wildman–Crippen MR) is 110 cm³/mol. The van der Waals surface area contributed by atoms with Gasteiger partial charge in [0.25, 0.3) is 0 Å². The number of anilines is 3. The highest BCUT2D eigenvalue weighted by Gasteiger charge is 2.48. The highest BCUT2D eigenvalue weighted by atomic mass is 35.5. The second-order valence-corrected chi connectivity index (χ2v) is 7.09. The molecule has 2 unspecified atom stereocenters. The first-order valence-corrected chi connectivity index (χ1v) is 9.62. The summed E-state index contributed by atoms with van der Waals surface area (Å²) in [6, 6.07) is 14.7. The molecule has 5 nitrogen and oxygen atoms in total. The first kappa shape index (κ1) is 19.2. The lowest BCUT2D eigenvalue weighted by Crippen LogP contribution is -2.22. The summed E-state index contributed by atoms with van der Waals surface area (Å²) in [4.78, 5) is 26.9. The monoisotopic (exact) mass is 385 g/mol. The summed E-state index contributed by atoms with van der Waals surface area (Å²) in [6.45, 7) is 6.10. The summed E-state index contributed by atoms with van der Waals surface area (Å²) >= 11 is 5.84. The predicted octanol–water partition coefficient (Wildman–Crippen LogP) is 4.40. The van der Waals surface area contributed by atoms with Crippen molar-refractivity contribution in [3.63, 3.8) is 0 Å². The standard InChI is InChI=1S/C21H24ClN3O2/c1-3-25(4-2)17-11-9-16(10-12-17)24-21(27)19-13-18(19)20(26)23-15-7-5-14(22)6-8-15/h5-12,18-19H,3-4,13H2,1-2H3,(H,23,26)(H,24,27). The van der Waals surface area contributed by atoms with Crippen LogP contribution in [0.15, 0.2) is 48.5 Å². The molecule has 1 saturated carbocycles. The smallest absolute Gasteiger partial charge is 0.228 e. The highest BCUT2D eigenvalue weighted by Crippen LogP contribution is 2.40. The van der Waals surface area contributed by atoms with E-state index >= 15 is 0 Å². The summed E-state index contributed by atoms with van der Waals surface area (Å²) in [7, 11) is 0. The Morgan fingerprint density at radius 1 is 0.889 bits per heavy atom. The summed E-state index contributed by atoms with van der Waals surface area (Å²) < 4.78 is 0. The quantitative estimate of drug-likeness (QED) is 0.742. The van der Waals surface area contributed by atoms with Crippen LogP contribution in [0.25, 0.3) is 0 Å². The Bertz CT molecular complexity index is 801. The maximum atomic E-state index is 12.4. The fourth-order valence-corrected chi connectivity index (χ4v) is 3.25. The van der Waals surface area contributed by atoms with Crippen molar-refractivity contribution in [2.75, 3.05) is 28.6 Å². The maximum absolute atomic E-state index is 12.4. The molecule has 0 saturated heterocycles. The minimum absolute atomic E-state index is 0.109. The average molecular weight is 386 g/mol. The van der Waals surface area contributed by atoms with Gasteiger partial charge in [-0.3, -0.25) is 9.59 Å². The Morgan fingerprint density at radius 3 is 1.78 bits per heavy atom. The van der Waals surface area contributed by atoms with Gasteiger partial charge in [0.1, 0.15) is 0 Å². The van der Waals surface area contributed by atoms with Crippen molar-refractivity contribution in [3.8, 4) is 0 Å². The first-order valence-electron chi connectivity index (χ1n) is 9.24. The van der Waals surface area contributed by atoms with Gasteiger partial charge in [0, 0.05) is 35.2 Å². The zero-order chi connectivity index (χ0) is 19.4. The molecule has 2 aromatic carbocycles. The van der Waals surface area contributed by atoms with Gasteiger partial charge in [-0.25, -0.2) is 0 Å². The third-order valence-electron chi connectivity index (χ3n) is 4.84. The number of nitrogens with zero attached hydrogens (tertiary/aromatic N) is 1. The van der Waals surface area contributed by atoms with Gasteiger partial charge in [-0.15, -0.1) is 0 Å². The Kier molecular flexibility index (Phi) is 6.01. The zero-order valence-corrected chi connectivity index (χ0v) is 16.3. The Morgan fingerprint density at radius 2 is 1.33 bits per heavy atom. The van der Waals surface area contributed by atoms with E-state index in [1.54, 1.807) is 24.3 Å². The third-order valence-corrected chi connectivity index (χ3v) is 5.09. The van der Waals surface area contributed by atoms with Crippen LogP contribution >= 0.6 is 11.6 Å². The molecule has 6 heteroatoms. The van der Waals surface area contributed by atoms with Crippen LogP contribution in [0.3, 0.4) is 0 Å². The molecule has 2 amide bonds. The lowest BCUT2D eigenvalue weighted by Gasteiger charge is -2.21. The molecule has 2 aromatic rings. The number of carbonyl (C=O) groups excluding carboxylic acids is 2. The number of carbonyl (C=O) groups is 2. The lowest BCUT2D eigenvalue weighted by molar-refractivity contribution is -0.122. The first-order chi connectivity index (χ1) is 13.0. The molecule has 2 N–H and O–H groups in total. The zero-order valence-electron chi connectivity index (χ0n) is 15.5. The van der Waals surface area contributed by atoms with Crippen molar-refractivity contribution in [1.29, 1.82) is 0 Å². The minimum Gasteiger partial charge on any atom is -0.372 e. The van der Waals surface area contributed by atoms with E-state index in [0.29, 0.717) is 17.1 Å². The topological polar surface area (TPSA) is 61.4 Å². The Labute approximate surface area is 164 Å². The van der Waals surface area contributed by atoms with E-state index in [2.05, 4.69) is 29.4 Å². The molecule has 3 rings (SSSR count). The van der Waals surface area contributed by atoms with Crippen molar-refractivity contribution in [2.24, 2.45) is 11.8 Å². The van der Waals surface area contributed by atoms with Crippen molar-refractivity contribution < 1.29 is 9.59 Å². The molecular formula is C21H24ClN3O2. The average Bonchev–Trinajstić information content (AvgIpc) is 3.47. The van der Waals surface area contributed by atoms with E-state index < -0.39 is 0 Å². The van der Waals surface area contributed by atoms with Crippen LogP contribution < -0.4 is 15.5 Å². The number of halogens is 1. The van der Waals surface area contributed by atoms with Crippen molar-refractivity contribution in [2.45, 2.75) is 20.3 Å². The van der Waals surface area contributed by atoms with E-state index in [1.807, 2.05) is 24.3 Å². The van der Waals surface area contributed by atoms with Gasteiger partial charge < -0.3 is 15.5 Å². The Balaban J connectivity index is 1.52. The van der Waals surface area contributed by atoms with E-state index in [1.165, 1.54) is 0 Å². The molecular weight excluding hydrogens is 362 g/mol. The molecule has 0 spiro atoms. The Hall–Kier alpha value is -2.53. The van der Waals surface area contributed by atoms with Crippen LogP contribution in [-0.2, 0) is 9.59 Å². The molecule has 0 aromatic heterocycles. The fourth-order valence-electron chi connectivity index (χ4n) is 3.12. The number of hydrogen-bond acceptors (Lipinski definition) is 3. The number of benzene rings is 2. The van der Waals surface area contributed by atoms with Crippen molar-refractivity contribution in [3.05, 3.63) is 53.6 Å². The third kappa shape index (κ3) is 4.80. The van der Waals surface area contributed by atoms with Gasteiger partial charge in [0.15, 0.2) is 0 Å². The summed E-state index contributed by atoms with van der Waals surface area (Å²) in [5.74, 6) is -0.799. The minimum atomic E-state index is -0.282.